The van der Waals surface area contributed by atoms with Crippen molar-refractivity contribution in [2.45, 2.75) is 44.1 Å². The Balaban J connectivity index is 2.31. The van der Waals surface area contributed by atoms with E-state index < -0.39 is 17.4 Å². The van der Waals surface area contributed by atoms with Crippen molar-refractivity contribution in [1.29, 1.82) is 5.26 Å². The van der Waals surface area contributed by atoms with Gasteiger partial charge in [0.15, 0.2) is 5.78 Å². The number of nitrogens with zero attached hydrogens (tertiary/aromatic N) is 1. The predicted molar refractivity (Wildman–Crippen MR) is 99.6 cm³/mol. The van der Waals surface area contributed by atoms with Gasteiger partial charge in [-0.2, -0.15) is 5.26 Å². The molecule has 0 spiro atoms. The van der Waals surface area contributed by atoms with Crippen LogP contribution in [0.2, 0.25) is 5.02 Å². The fraction of sp³-hybridized carbons (Fsp3) is 0.500. The first kappa shape index (κ1) is 19.8. The lowest BCUT2D eigenvalue weighted by Crippen LogP contribution is -2.69. The van der Waals surface area contributed by atoms with E-state index in [1.165, 1.54) is 14.2 Å². The van der Waals surface area contributed by atoms with Gasteiger partial charge < -0.3 is 19.9 Å². The lowest BCUT2D eigenvalue weighted by molar-refractivity contribution is -0.379. The highest BCUT2D eigenvalue weighted by Gasteiger charge is 2.65. The summed E-state index contributed by atoms with van der Waals surface area (Å²) in [5.74, 6) is -2.27. The molecule has 2 unspecified atom stereocenters. The van der Waals surface area contributed by atoms with Crippen molar-refractivity contribution in [3.05, 3.63) is 46.2 Å². The van der Waals surface area contributed by atoms with Gasteiger partial charge in [-0.05, 0) is 23.1 Å². The van der Waals surface area contributed by atoms with Crippen molar-refractivity contribution >= 4 is 17.4 Å². The first-order chi connectivity index (χ1) is 12.6. The number of nitrogens with two attached hydrogens (primary N) is 1. The summed E-state index contributed by atoms with van der Waals surface area (Å²) in [6.45, 7) is 3.98. The monoisotopic (exact) mass is 390 g/mol. The number of allylic oxidation sites excluding steroid dienone is 1. The minimum absolute atomic E-state index is 0.0907. The summed E-state index contributed by atoms with van der Waals surface area (Å²) in [7, 11) is 2.73. The van der Waals surface area contributed by atoms with Crippen molar-refractivity contribution in [3.63, 3.8) is 0 Å². The lowest BCUT2D eigenvalue weighted by atomic mass is 9.65. The van der Waals surface area contributed by atoms with Crippen LogP contribution in [0.25, 0.3) is 0 Å². The average molecular weight is 391 g/mol. The molecule has 0 amide bonds. The Morgan fingerprint density at radius 2 is 1.81 bits per heavy atom. The summed E-state index contributed by atoms with van der Waals surface area (Å²) in [5.41, 5.74) is 5.56. The van der Waals surface area contributed by atoms with Crippen LogP contribution in [0.15, 0.2) is 35.6 Å². The Morgan fingerprint density at radius 1 is 1.22 bits per heavy atom. The van der Waals surface area contributed by atoms with Crippen LogP contribution < -0.4 is 5.73 Å². The van der Waals surface area contributed by atoms with Gasteiger partial charge in [-0.1, -0.05) is 37.6 Å². The molecule has 0 saturated heterocycles. The number of carbonyl (C=O) groups excluding carboxylic acids is 1. The van der Waals surface area contributed by atoms with E-state index in [4.69, 9.17) is 31.5 Å². The highest BCUT2D eigenvalue weighted by Crippen LogP contribution is 2.53. The molecular formula is C20H23ClN2O4. The molecular weight excluding hydrogens is 368 g/mol. The maximum atomic E-state index is 13.1. The second kappa shape index (κ2) is 6.61. The molecule has 1 aliphatic heterocycles. The lowest BCUT2D eigenvalue weighted by Gasteiger charge is -2.51. The molecule has 0 saturated carbocycles. The van der Waals surface area contributed by atoms with Gasteiger partial charge in [-0.3, -0.25) is 4.79 Å². The molecule has 2 atom stereocenters. The zero-order chi connectivity index (χ0) is 20.0. The van der Waals surface area contributed by atoms with Gasteiger partial charge in [0, 0.05) is 37.7 Å². The SMILES string of the molecule is COC1(OC)OC2=C(C(=O)CC(C)(C)C2)C(c2ccc(Cl)cc2)C1(N)C#N. The predicted octanol–water partition coefficient (Wildman–Crippen LogP) is 3.26. The van der Waals surface area contributed by atoms with Gasteiger partial charge in [0.25, 0.3) is 0 Å². The summed E-state index contributed by atoms with van der Waals surface area (Å²) >= 11 is 6.02. The maximum Gasteiger partial charge on any atom is 0.360 e. The Kier molecular flexibility index (Phi) is 4.86. The molecule has 27 heavy (non-hydrogen) atoms. The minimum Gasteiger partial charge on any atom is -0.441 e. The third-order valence-electron chi connectivity index (χ3n) is 5.31. The zero-order valence-electron chi connectivity index (χ0n) is 15.8. The molecule has 0 radical (unpaired) electrons. The number of rotatable bonds is 3. The second-order valence-corrected chi connectivity index (χ2v) is 8.25. The van der Waals surface area contributed by atoms with Crippen LogP contribution in [0, 0.1) is 16.7 Å². The number of hydrogen-bond donors (Lipinski definition) is 1. The second-order valence-electron chi connectivity index (χ2n) is 7.81. The van der Waals surface area contributed by atoms with Crippen LogP contribution in [0.5, 0.6) is 0 Å². The molecule has 0 aromatic heterocycles. The molecule has 7 heteroatoms. The standard InChI is InChI=1S/C20H23ClN2O4/c1-18(2)9-14(24)16-15(10-18)27-20(25-3,26-4)19(23,11-22)17(16)12-5-7-13(21)8-6-12/h5-8,17H,9-10,23H2,1-4H3. The number of benzene rings is 1. The Hall–Kier alpha value is -1.91. The van der Waals surface area contributed by atoms with Crippen LogP contribution in [0.4, 0.5) is 0 Å². The summed E-state index contributed by atoms with van der Waals surface area (Å²) in [5, 5.41) is 10.6. The van der Waals surface area contributed by atoms with E-state index in [0.29, 0.717) is 34.8 Å². The first-order valence-corrected chi connectivity index (χ1v) is 9.02. The quantitative estimate of drug-likeness (QED) is 0.796. The van der Waals surface area contributed by atoms with E-state index in [-0.39, 0.29) is 11.2 Å². The van der Waals surface area contributed by atoms with E-state index in [0.717, 1.165) is 0 Å². The van der Waals surface area contributed by atoms with Crippen LogP contribution in [-0.4, -0.2) is 31.5 Å². The number of Topliss-reactive ketones (excluding diaryl/α,β-unsaturated/α-hetero) is 1. The number of halogens is 1. The minimum atomic E-state index is -1.85. The van der Waals surface area contributed by atoms with Crippen molar-refractivity contribution < 1.29 is 19.0 Å². The van der Waals surface area contributed by atoms with Crippen molar-refractivity contribution in [1.82, 2.24) is 0 Å². The van der Waals surface area contributed by atoms with E-state index >= 15 is 0 Å². The normalized spacial score (nSPS) is 28.9. The van der Waals surface area contributed by atoms with Gasteiger partial charge in [0.05, 0.1) is 12.0 Å². The van der Waals surface area contributed by atoms with Crippen LogP contribution in [-0.2, 0) is 19.0 Å². The van der Waals surface area contributed by atoms with Gasteiger partial charge in [-0.25, -0.2) is 0 Å². The Morgan fingerprint density at radius 3 is 2.33 bits per heavy atom. The summed E-state index contributed by atoms with van der Waals surface area (Å²) in [6.07, 6.45) is 0.849. The van der Waals surface area contributed by atoms with Gasteiger partial charge >= 0.3 is 5.97 Å². The molecule has 144 valence electrons. The molecule has 1 aliphatic carbocycles. The van der Waals surface area contributed by atoms with E-state index in [1.54, 1.807) is 24.3 Å². The summed E-state index contributed by atoms with van der Waals surface area (Å²) in [6, 6.07) is 9.00. The highest BCUT2D eigenvalue weighted by molar-refractivity contribution is 6.30. The largest absolute Gasteiger partial charge is 0.441 e. The number of ketones is 1. The van der Waals surface area contributed by atoms with Crippen molar-refractivity contribution in [2.75, 3.05) is 14.2 Å². The number of hydrogen-bond acceptors (Lipinski definition) is 6. The van der Waals surface area contributed by atoms with E-state index in [1.807, 2.05) is 13.8 Å². The topological polar surface area (TPSA) is 94.6 Å². The average Bonchev–Trinajstić information content (AvgIpc) is 2.62. The van der Waals surface area contributed by atoms with Gasteiger partial charge in [-0.15, -0.1) is 0 Å². The zero-order valence-corrected chi connectivity index (χ0v) is 16.6. The van der Waals surface area contributed by atoms with Gasteiger partial charge in [0.1, 0.15) is 5.76 Å². The number of nitriles is 1. The smallest absolute Gasteiger partial charge is 0.360 e. The molecule has 0 fully saturated rings. The number of carbonyl (C=O) groups is 1. The molecule has 3 rings (SSSR count). The first-order valence-electron chi connectivity index (χ1n) is 8.64. The van der Waals surface area contributed by atoms with Crippen LogP contribution >= 0.6 is 11.6 Å². The molecule has 1 heterocycles. The third-order valence-corrected chi connectivity index (χ3v) is 5.57. The van der Waals surface area contributed by atoms with Crippen LogP contribution in [0.3, 0.4) is 0 Å². The third kappa shape index (κ3) is 2.95. The molecule has 1 aromatic rings. The number of ether oxygens (including phenoxy) is 3. The van der Waals surface area contributed by atoms with Crippen molar-refractivity contribution in [2.24, 2.45) is 11.1 Å². The summed E-state index contributed by atoms with van der Waals surface area (Å²) in [4.78, 5) is 13.1. The van der Waals surface area contributed by atoms with Crippen LogP contribution in [0.1, 0.15) is 38.2 Å². The van der Waals surface area contributed by atoms with Gasteiger partial charge in [0.2, 0.25) is 5.54 Å². The fourth-order valence-electron chi connectivity index (χ4n) is 4.06. The summed E-state index contributed by atoms with van der Waals surface area (Å²) < 4.78 is 17.0. The molecule has 2 N–H and O–H groups in total. The maximum absolute atomic E-state index is 13.1. The number of methoxy groups -OCH3 is 2. The molecule has 6 nitrogen and oxygen atoms in total. The van der Waals surface area contributed by atoms with E-state index in [2.05, 4.69) is 6.07 Å². The van der Waals surface area contributed by atoms with E-state index in [9.17, 15) is 10.1 Å². The molecule has 0 bridgehead atoms. The van der Waals surface area contributed by atoms with Crippen molar-refractivity contribution in [3.8, 4) is 6.07 Å². The molecule has 1 aromatic carbocycles. The highest BCUT2D eigenvalue weighted by atomic mass is 35.5. The molecule has 2 aliphatic rings. The fourth-order valence-corrected chi connectivity index (χ4v) is 4.19. The Labute approximate surface area is 163 Å². The Bertz CT molecular complexity index is 837.